The predicted molar refractivity (Wildman–Crippen MR) is 146 cm³/mol. The lowest BCUT2D eigenvalue weighted by Crippen LogP contribution is -2.20. The average molecular weight is 496 g/mol. The molecule has 2 aliphatic rings. The third-order valence-corrected chi connectivity index (χ3v) is 8.03. The van der Waals surface area contributed by atoms with E-state index in [-0.39, 0.29) is 17.6 Å². The summed E-state index contributed by atoms with van der Waals surface area (Å²) in [4.78, 5) is 31.0. The molecule has 2 fully saturated rings. The highest BCUT2D eigenvalue weighted by Gasteiger charge is 2.24. The molecule has 2 aliphatic carbocycles. The lowest BCUT2D eigenvalue weighted by molar-refractivity contribution is 0.0894. The van der Waals surface area contributed by atoms with E-state index >= 15 is 0 Å². The summed E-state index contributed by atoms with van der Waals surface area (Å²) in [5.74, 6) is 1.16. The van der Waals surface area contributed by atoms with Gasteiger partial charge >= 0.3 is 0 Å². The number of carbonyl (C=O) groups is 2. The van der Waals surface area contributed by atoms with E-state index in [1.165, 1.54) is 64.2 Å². The molecule has 0 radical (unpaired) electrons. The lowest BCUT2D eigenvalue weighted by Gasteiger charge is -2.17. The molecule has 1 amide bonds. The molecular weight excluding hydrogens is 450 g/mol. The number of nitrogens with zero attached hydrogens (tertiary/aromatic N) is 3. The van der Waals surface area contributed by atoms with E-state index in [4.69, 9.17) is 0 Å². The minimum absolute atomic E-state index is 0.0843. The van der Waals surface area contributed by atoms with Gasteiger partial charge in [-0.3, -0.25) is 9.59 Å². The number of ketones is 1. The first-order valence-electron chi connectivity index (χ1n) is 14.3. The minimum Gasteiger partial charge on any atom is -0.366 e. The molecule has 4 rings (SSSR count). The second-order valence-corrected chi connectivity index (χ2v) is 11.0. The van der Waals surface area contributed by atoms with Gasteiger partial charge in [-0.05, 0) is 31.7 Å². The molecule has 198 valence electrons. The van der Waals surface area contributed by atoms with Gasteiger partial charge in [-0.15, -0.1) is 0 Å². The number of hydrogen-bond acceptors (Lipinski definition) is 4. The van der Waals surface area contributed by atoms with Crippen LogP contribution in [-0.4, -0.2) is 31.9 Å². The number of hydrogen-bond donors (Lipinski definition) is 2. The maximum Gasteiger partial charge on any atom is 0.291 e. The van der Waals surface area contributed by atoms with Crippen LogP contribution in [0.2, 0.25) is 0 Å². The monoisotopic (exact) mass is 495 g/mol. The third kappa shape index (κ3) is 7.23. The quantitative estimate of drug-likeness (QED) is 0.429. The van der Waals surface area contributed by atoms with Crippen LogP contribution in [0.1, 0.15) is 124 Å². The first kappa shape index (κ1) is 26.5. The van der Waals surface area contributed by atoms with Crippen molar-refractivity contribution in [2.24, 2.45) is 20.0 Å². The van der Waals surface area contributed by atoms with E-state index in [2.05, 4.69) is 15.6 Å². The highest BCUT2D eigenvalue weighted by Crippen LogP contribution is 2.27. The number of aryl methyl sites for hydroxylation is 2. The molecule has 2 heterocycles. The van der Waals surface area contributed by atoms with Gasteiger partial charge in [0.1, 0.15) is 5.82 Å². The van der Waals surface area contributed by atoms with Gasteiger partial charge in [-0.2, -0.15) is 0 Å². The number of amides is 1. The zero-order chi connectivity index (χ0) is 25.3. The average Bonchev–Trinajstić information content (AvgIpc) is 3.47. The van der Waals surface area contributed by atoms with Crippen molar-refractivity contribution in [3.8, 4) is 0 Å². The molecule has 2 N–H and O–H groups in total. The fourth-order valence-electron chi connectivity index (χ4n) is 5.90. The Morgan fingerprint density at radius 3 is 1.94 bits per heavy atom. The van der Waals surface area contributed by atoms with Gasteiger partial charge in [-0.1, -0.05) is 77.0 Å². The molecule has 36 heavy (non-hydrogen) atoms. The Morgan fingerprint density at radius 2 is 1.33 bits per heavy atom. The zero-order valence-corrected chi connectivity index (χ0v) is 22.4. The Balaban J connectivity index is 1.38. The predicted octanol–water partition coefficient (Wildman–Crippen LogP) is 6.86. The van der Waals surface area contributed by atoms with Crippen LogP contribution >= 0.6 is 0 Å². The molecule has 0 unspecified atom stereocenters. The van der Waals surface area contributed by atoms with Crippen LogP contribution in [0.25, 0.3) is 0 Å². The molecule has 0 saturated heterocycles. The van der Waals surface area contributed by atoms with Crippen molar-refractivity contribution in [1.29, 1.82) is 0 Å². The van der Waals surface area contributed by atoms with Gasteiger partial charge in [0.15, 0.2) is 5.78 Å². The van der Waals surface area contributed by atoms with Gasteiger partial charge < -0.3 is 19.8 Å². The number of carbonyl (C=O) groups excluding carboxylic acids is 2. The summed E-state index contributed by atoms with van der Waals surface area (Å²) in [6.45, 7) is 0. The highest BCUT2D eigenvalue weighted by molar-refractivity contribution is 6.03. The number of aromatic nitrogens is 3. The van der Waals surface area contributed by atoms with Crippen molar-refractivity contribution in [3.63, 3.8) is 0 Å². The van der Waals surface area contributed by atoms with E-state index in [9.17, 15) is 9.59 Å². The van der Waals surface area contributed by atoms with E-state index in [1.54, 1.807) is 4.57 Å². The second kappa shape index (κ2) is 13.1. The van der Waals surface area contributed by atoms with Gasteiger partial charge in [0.05, 0.1) is 11.4 Å². The largest absolute Gasteiger partial charge is 0.366 e. The summed E-state index contributed by atoms with van der Waals surface area (Å²) in [5.41, 5.74) is 1.32. The van der Waals surface area contributed by atoms with Crippen molar-refractivity contribution >= 4 is 23.2 Å². The van der Waals surface area contributed by atoms with Gasteiger partial charge in [0.25, 0.3) is 5.91 Å². The lowest BCUT2D eigenvalue weighted by atomic mass is 9.91. The van der Waals surface area contributed by atoms with Crippen LogP contribution < -0.4 is 10.6 Å². The number of imidazole rings is 1. The molecule has 0 spiro atoms. The molecular formula is C29H45N5O2. The molecule has 0 atom stereocenters. The molecule has 2 aromatic rings. The van der Waals surface area contributed by atoms with E-state index in [0.717, 1.165) is 44.3 Å². The van der Waals surface area contributed by atoms with Crippen molar-refractivity contribution in [2.45, 2.75) is 109 Å². The Kier molecular flexibility index (Phi) is 9.65. The first-order valence-corrected chi connectivity index (χ1v) is 14.3. The van der Waals surface area contributed by atoms with Crippen LogP contribution in [0.15, 0.2) is 18.5 Å². The number of anilines is 2. The van der Waals surface area contributed by atoms with Gasteiger partial charge in [0.2, 0.25) is 5.82 Å². The SMILES string of the molecule is Cn1cc(NC(=O)c2nc(NC3CCCCCCCC3)cn2C)cc1C(=O)C1CCCCCCCC1. The summed E-state index contributed by atoms with van der Waals surface area (Å²) in [6, 6.07) is 2.24. The second-order valence-electron chi connectivity index (χ2n) is 11.0. The molecule has 0 aromatic carbocycles. The van der Waals surface area contributed by atoms with Crippen molar-refractivity contribution < 1.29 is 9.59 Å². The first-order chi connectivity index (χ1) is 17.5. The Bertz CT molecular complexity index is 987. The van der Waals surface area contributed by atoms with Crippen molar-refractivity contribution in [2.75, 3.05) is 10.6 Å². The smallest absolute Gasteiger partial charge is 0.291 e. The fourth-order valence-corrected chi connectivity index (χ4v) is 5.90. The maximum absolute atomic E-state index is 13.3. The molecule has 2 aromatic heterocycles. The number of Topliss-reactive ketones (excluding diaryl/α,β-unsaturated/α-hetero) is 1. The van der Waals surface area contributed by atoms with Crippen LogP contribution in [0.4, 0.5) is 11.5 Å². The van der Waals surface area contributed by atoms with E-state index in [1.807, 2.05) is 37.1 Å². The highest BCUT2D eigenvalue weighted by atomic mass is 16.2. The summed E-state index contributed by atoms with van der Waals surface area (Å²) in [6.07, 6.45) is 23.0. The van der Waals surface area contributed by atoms with Crippen molar-refractivity contribution in [1.82, 2.24) is 14.1 Å². The zero-order valence-electron chi connectivity index (χ0n) is 22.4. The Morgan fingerprint density at radius 1 is 0.778 bits per heavy atom. The molecule has 7 nitrogen and oxygen atoms in total. The number of rotatable bonds is 6. The van der Waals surface area contributed by atoms with E-state index < -0.39 is 0 Å². The van der Waals surface area contributed by atoms with Gasteiger partial charge in [-0.25, -0.2) is 4.98 Å². The Hall–Kier alpha value is -2.57. The summed E-state index contributed by atoms with van der Waals surface area (Å²) in [5, 5.41) is 6.54. The molecule has 0 bridgehead atoms. The summed E-state index contributed by atoms with van der Waals surface area (Å²) in [7, 11) is 3.74. The summed E-state index contributed by atoms with van der Waals surface area (Å²) >= 11 is 0. The standard InChI is InChI=1S/C29H45N5O2/c1-33-20-24(19-25(33)27(35)22-15-11-7-3-4-8-12-16-22)31-29(36)28-32-26(21-34(28)2)30-23-17-13-9-5-6-10-14-18-23/h19-23,30H,3-18H2,1-2H3,(H,31,36). The van der Waals surface area contributed by atoms with E-state index in [0.29, 0.717) is 23.2 Å². The summed E-state index contributed by atoms with van der Waals surface area (Å²) < 4.78 is 3.63. The van der Waals surface area contributed by atoms with Crippen LogP contribution in [0.5, 0.6) is 0 Å². The molecule has 0 aliphatic heterocycles. The maximum atomic E-state index is 13.3. The number of nitrogens with one attached hydrogen (secondary N) is 2. The Labute approximate surface area is 216 Å². The van der Waals surface area contributed by atoms with Gasteiger partial charge in [0, 0.05) is 38.4 Å². The topological polar surface area (TPSA) is 81.0 Å². The van der Waals surface area contributed by atoms with Crippen LogP contribution in [0, 0.1) is 5.92 Å². The normalized spacial score (nSPS) is 19.3. The molecule has 2 saturated carbocycles. The minimum atomic E-state index is -0.257. The third-order valence-electron chi connectivity index (χ3n) is 8.03. The molecule has 7 heteroatoms. The van der Waals surface area contributed by atoms with Crippen LogP contribution in [-0.2, 0) is 14.1 Å². The fraction of sp³-hybridized carbons (Fsp3) is 0.690. The van der Waals surface area contributed by atoms with Crippen LogP contribution in [0.3, 0.4) is 0 Å². The van der Waals surface area contributed by atoms with Crippen molar-refractivity contribution in [3.05, 3.63) is 30.0 Å².